The van der Waals surface area contributed by atoms with E-state index >= 15 is 0 Å². The Kier molecular flexibility index (Phi) is 3.70. The van der Waals surface area contributed by atoms with Gasteiger partial charge in [-0.2, -0.15) is 9.61 Å². The average Bonchev–Trinajstić information content (AvgIpc) is 3.05. The van der Waals surface area contributed by atoms with Crippen LogP contribution in [0.4, 0.5) is 0 Å². The molecule has 108 valence electrons. The predicted octanol–water partition coefficient (Wildman–Crippen LogP) is 3.49. The first kappa shape index (κ1) is 13.8. The molecule has 2 aromatic heterocycles. The van der Waals surface area contributed by atoms with E-state index in [2.05, 4.69) is 29.1 Å². The van der Waals surface area contributed by atoms with E-state index in [1.807, 2.05) is 40.9 Å². The lowest BCUT2D eigenvalue weighted by Gasteiger charge is -1.98. The molecule has 0 atom stereocenters. The molecule has 0 aliphatic rings. The summed E-state index contributed by atoms with van der Waals surface area (Å²) in [7, 11) is 1.66. The zero-order valence-electron chi connectivity index (χ0n) is 12.1. The van der Waals surface area contributed by atoms with Crippen LogP contribution >= 0.6 is 11.3 Å². The number of nitrogens with zero attached hydrogens (tertiary/aromatic N) is 4. The maximum Gasteiger partial charge on any atom is 0.234 e. The number of fused-ring (bicyclic) bond motifs is 1. The van der Waals surface area contributed by atoms with E-state index in [1.165, 1.54) is 11.3 Å². The van der Waals surface area contributed by atoms with E-state index in [-0.39, 0.29) is 0 Å². The monoisotopic (exact) mass is 300 g/mol. The standard InChI is InChI=1S/C15H16N4OS/c1-10(2)14-16-17-15-19(14)18-13(21-15)9-6-11-4-7-12(20-3)8-5-11/h4-10H,1-3H3. The van der Waals surface area contributed by atoms with Crippen LogP contribution in [0.25, 0.3) is 17.1 Å². The molecule has 0 aliphatic carbocycles. The van der Waals surface area contributed by atoms with Crippen molar-refractivity contribution in [3.63, 3.8) is 0 Å². The number of hydrogen-bond acceptors (Lipinski definition) is 5. The number of rotatable bonds is 4. The van der Waals surface area contributed by atoms with E-state index < -0.39 is 0 Å². The normalized spacial score (nSPS) is 11.8. The summed E-state index contributed by atoms with van der Waals surface area (Å²) in [6.45, 7) is 4.17. The van der Waals surface area contributed by atoms with Crippen LogP contribution < -0.4 is 4.74 Å². The maximum atomic E-state index is 5.14. The third-order valence-corrected chi connectivity index (χ3v) is 3.95. The smallest absolute Gasteiger partial charge is 0.234 e. The molecule has 0 saturated heterocycles. The van der Waals surface area contributed by atoms with Gasteiger partial charge in [0.25, 0.3) is 0 Å². The van der Waals surface area contributed by atoms with E-state index in [4.69, 9.17) is 4.74 Å². The molecule has 0 N–H and O–H groups in total. The minimum Gasteiger partial charge on any atom is -0.497 e. The van der Waals surface area contributed by atoms with Crippen molar-refractivity contribution < 1.29 is 4.74 Å². The minimum absolute atomic E-state index is 0.306. The summed E-state index contributed by atoms with van der Waals surface area (Å²) in [6.07, 6.45) is 4.02. The molecule has 0 amide bonds. The fourth-order valence-electron chi connectivity index (χ4n) is 1.96. The van der Waals surface area contributed by atoms with Gasteiger partial charge >= 0.3 is 0 Å². The fraction of sp³-hybridized carbons (Fsp3) is 0.267. The van der Waals surface area contributed by atoms with Crippen LogP contribution in [0, 0.1) is 0 Å². The second-order valence-electron chi connectivity index (χ2n) is 4.95. The number of methoxy groups -OCH3 is 1. The van der Waals surface area contributed by atoms with Gasteiger partial charge in [-0.05, 0) is 23.8 Å². The molecule has 5 nitrogen and oxygen atoms in total. The quantitative estimate of drug-likeness (QED) is 0.740. The molecule has 6 heteroatoms. The van der Waals surface area contributed by atoms with Crippen LogP contribution in [-0.4, -0.2) is 26.9 Å². The van der Waals surface area contributed by atoms with Crippen LogP contribution in [0.3, 0.4) is 0 Å². The zero-order chi connectivity index (χ0) is 14.8. The van der Waals surface area contributed by atoms with Gasteiger partial charge in [-0.1, -0.05) is 43.4 Å². The number of aromatic nitrogens is 4. The van der Waals surface area contributed by atoms with Crippen molar-refractivity contribution in [1.29, 1.82) is 0 Å². The summed E-state index contributed by atoms with van der Waals surface area (Å²) in [5, 5.41) is 13.8. The molecule has 0 fully saturated rings. The summed E-state index contributed by atoms with van der Waals surface area (Å²) in [5.41, 5.74) is 1.10. The van der Waals surface area contributed by atoms with Crippen molar-refractivity contribution in [1.82, 2.24) is 19.8 Å². The molecule has 1 aromatic carbocycles. The number of hydrogen-bond donors (Lipinski definition) is 0. The first-order chi connectivity index (χ1) is 10.2. The molecule has 3 rings (SSSR count). The average molecular weight is 300 g/mol. The van der Waals surface area contributed by atoms with E-state index in [0.717, 1.165) is 27.1 Å². The second-order valence-corrected chi connectivity index (χ2v) is 5.94. The Morgan fingerprint density at radius 1 is 1.14 bits per heavy atom. The summed E-state index contributed by atoms with van der Waals surface area (Å²) in [6, 6.07) is 7.90. The number of benzene rings is 1. The molecular formula is C15H16N4OS. The Balaban J connectivity index is 1.85. The first-order valence-electron chi connectivity index (χ1n) is 6.71. The Morgan fingerprint density at radius 2 is 1.90 bits per heavy atom. The Bertz CT molecular complexity index is 771. The fourth-order valence-corrected chi connectivity index (χ4v) is 2.70. The molecule has 0 aliphatic heterocycles. The van der Waals surface area contributed by atoms with Crippen molar-refractivity contribution in [2.75, 3.05) is 7.11 Å². The summed E-state index contributed by atoms with van der Waals surface area (Å²) in [5.74, 6) is 2.05. The molecule has 0 radical (unpaired) electrons. The predicted molar refractivity (Wildman–Crippen MR) is 84.7 cm³/mol. The molecule has 21 heavy (non-hydrogen) atoms. The largest absolute Gasteiger partial charge is 0.497 e. The van der Waals surface area contributed by atoms with Gasteiger partial charge in [0.2, 0.25) is 4.96 Å². The topological polar surface area (TPSA) is 52.3 Å². The molecule has 3 aromatic rings. The Morgan fingerprint density at radius 3 is 2.57 bits per heavy atom. The second kappa shape index (κ2) is 5.65. The molecular weight excluding hydrogens is 284 g/mol. The van der Waals surface area contributed by atoms with Crippen molar-refractivity contribution in [3.05, 3.63) is 40.7 Å². The lowest BCUT2D eigenvalue weighted by molar-refractivity contribution is 0.415. The highest BCUT2D eigenvalue weighted by molar-refractivity contribution is 7.17. The summed E-state index contributed by atoms with van der Waals surface area (Å²) in [4.78, 5) is 0.827. The van der Waals surface area contributed by atoms with Gasteiger partial charge in [-0.15, -0.1) is 10.2 Å². The van der Waals surface area contributed by atoms with E-state index in [0.29, 0.717) is 5.92 Å². The van der Waals surface area contributed by atoms with Crippen molar-refractivity contribution in [3.8, 4) is 5.75 Å². The van der Waals surface area contributed by atoms with E-state index in [9.17, 15) is 0 Å². The summed E-state index contributed by atoms with van der Waals surface area (Å²) < 4.78 is 6.97. The summed E-state index contributed by atoms with van der Waals surface area (Å²) >= 11 is 1.53. The molecule has 0 bridgehead atoms. The van der Waals surface area contributed by atoms with Gasteiger partial charge in [0.15, 0.2) is 5.82 Å². The third-order valence-electron chi connectivity index (χ3n) is 3.08. The van der Waals surface area contributed by atoms with Gasteiger partial charge in [-0.3, -0.25) is 0 Å². The molecule has 2 heterocycles. The molecule has 0 unspecified atom stereocenters. The van der Waals surface area contributed by atoms with Crippen LogP contribution in [0.5, 0.6) is 5.75 Å². The van der Waals surface area contributed by atoms with Crippen molar-refractivity contribution >= 4 is 28.4 Å². The number of ether oxygens (including phenoxy) is 1. The Hall–Kier alpha value is -2.21. The van der Waals surface area contributed by atoms with Crippen LogP contribution in [-0.2, 0) is 0 Å². The van der Waals surface area contributed by atoms with Gasteiger partial charge < -0.3 is 4.74 Å². The highest BCUT2D eigenvalue weighted by atomic mass is 32.1. The van der Waals surface area contributed by atoms with Crippen LogP contribution in [0.2, 0.25) is 0 Å². The molecule has 0 spiro atoms. The zero-order valence-corrected chi connectivity index (χ0v) is 13.0. The van der Waals surface area contributed by atoms with Gasteiger partial charge in [-0.25, -0.2) is 0 Å². The van der Waals surface area contributed by atoms with Crippen molar-refractivity contribution in [2.45, 2.75) is 19.8 Å². The lowest BCUT2D eigenvalue weighted by Crippen LogP contribution is -1.97. The van der Waals surface area contributed by atoms with Gasteiger partial charge in [0.05, 0.1) is 7.11 Å². The first-order valence-corrected chi connectivity index (χ1v) is 7.53. The highest BCUT2D eigenvalue weighted by Crippen LogP contribution is 2.20. The van der Waals surface area contributed by atoms with Crippen LogP contribution in [0.1, 0.15) is 36.2 Å². The van der Waals surface area contributed by atoms with Gasteiger partial charge in [0.1, 0.15) is 10.8 Å². The van der Waals surface area contributed by atoms with Crippen molar-refractivity contribution in [2.24, 2.45) is 0 Å². The third kappa shape index (κ3) is 2.80. The minimum atomic E-state index is 0.306. The highest BCUT2D eigenvalue weighted by Gasteiger charge is 2.12. The van der Waals surface area contributed by atoms with Crippen LogP contribution in [0.15, 0.2) is 24.3 Å². The van der Waals surface area contributed by atoms with Gasteiger partial charge in [0, 0.05) is 5.92 Å². The SMILES string of the molecule is COc1ccc(C=Cc2nn3c(C(C)C)nnc3s2)cc1. The Labute approximate surface area is 126 Å². The lowest BCUT2D eigenvalue weighted by atomic mass is 10.2. The van der Waals surface area contributed by atoms with E-state index in [1.54, 1.807) is 7.11 Å². The maximum absolute atomic E-state index is 5.14. The molecule has 0 saturated carbocycles.